The Bertz CT molecular complexity index is 451. The van der Waals surface area contributed by atoms with Gasteiger partial charge in [-0.15, -0.1) is 11.3 Å². The van der Waals surface area contributed by atoms with Crippen molar-refractivity contribution in [2.75, 3.05) is 6.61 Å². The molecule has 0 bridgehead atoms. The zero-order valence-electron chi connectivity index (χ0n) is 9.93. The summed E-state index contributed by atoms with van der Waals surface area (Å²) in [5, 5.41) is 2.09. The molecule has 2 rings (SSSR count). The lowest BCUT2D eigenvalue weighted by molar-refractivity contribution is 0.322. The van der Waals surface area contributed by atoms with Crippen LogP contribution in [0.25, 0.3) is 0 Å². The Labute approximate surface area is 106 Å². The van der Waals surface area contributed by atoms with E-state index in [0.29, 0.717) is 6.61 Å². The fraction of sp³-hybridized carbons (Fsp3) is 0.286. The van der Waals surface area contributed by atoms with E-state index < -0.39 is 0 Å². The van der Waals surface area contributed by atoms with Crippen LogP contribution in [0.4, 0.5) is 0 Å². The predicted molar refractivity (Wildman–Crippen MR) is 72.6 cm³/mol. The molecule has 2 nitrogen and oxygen atoms in total. The molecule has 0 spiro atoms. The minimum atomic E-state index is 0.0517. The Morgan fingerprint density at radius 1 is 1.29 bits per heavy atom. The van der Waals surface area contributed by atoms with Crippen molar-refractivity contribution in [3.8, 4) is 5.75 Å². The van der Waals surface area contributed by atoms with Crippen molar-refractivity contribution in [2.24, 2.45) is 5.73 Å². The molecule has 2 N–H and O–H groups in total. The number of ether oxygens (including phenoxy) is 1. The molecule has 0 fully saturated rings. The average Bonchev–Trinajstić information content (AvgIpc) is 2.82. The molecule has 90 valence electrons. The van der Waals surface area contributed by atoms with E-state index in [1.165, 1.54) is 4.88 Å². The van der Waals surface area contributed by atoms with Gasteiger partial charge in [0.1, 0.15) is 5.75 Å². The molecule has 0 aliphatic rings. The van der Waals surface area contributed by atoms with Crippen LogP contribution < -0.4 is 10.5 Å². The maximum absolute atomic E-state index is 5.83. The first-order chi connectivity index (χ1) is 8.25. The summed E-state index contributed by atoms with van der Waals surface area (Å²) in [7, 11) is 0. The van der Waals surface area contributed by atoms with Crippen molar-refractivity contribution in [3.05, 3.63) is 52.2 Å². The summed E-state index contributed by atoms with van der Waals surface area (Å²) in [6.07, 6.45) is 0.958. The second kappa shape index (κ2) is 5.84. The number of nitrogens with two attached hydrogens (primary N) is 1. The van der Waals surface area contributed by atoms with Crippen LogP contribution in [-0.4, -0.2) is 6.61 Å². The van der Waals surface area contributed by atoms with Gasteiger partial charge in [-0.1, -0.05) is 18.2 Å². The molecule has 0 radical (unpaired) electrons. The highest BCUT2D eigenvalue weighted by Crippen LogP contribution is 2.18. The van der Waals surface area contributed by atoms with E-state index in [-0.39, 0.29) is 6.04 Å². The van der Waals surface area contributed by atoms with Gasteiger partial charge in [-0.25, -0.2) is 0 Å². The molecule has 0 aliphatic heterocycles. The number of benzene rings is 1. The van der Waals surface area contributed by atoms with Crippen molar-refractivity contribution in [1.82, 2.24) is 0 Å². The lowest BCUT2D eigenvalue weighted by atomic mass is 10.1. The topological polar surface area (TPSA) is 35.2 Å². The third-order valence-electron chi connectivity index (χ3n) is 2.58. The molecule has 1 aromatic carbocycles. The van der Waals surface area contributed by atoms with Gasteiger partial charge in [-0.2, -0.15) is 0 Å². The van der Waals surface area contributed by atoms with E-state index in [1.54, 1.807) is 11.3 Å². The second-order valence-electron chi connectivity index (χ2n) is 4.04. The molecule has 1 aromatic heterocycles. The SMILES string of the molecule is C[C@@H](N)c1cccc(OCCc2cccs2)c1. The number of thiophene rings is 1. The first-order valence-electron chi connectivity index (χ1n) is 5.76. The summed E-state index contributed by atoms with van der Waals surface area (Å²) >= 11 is 1.77. The fourth-order valence-corrected chi connectivity index (χ4v) is 2.30. The third kappa shape index (κ3) is 3.58. The summed E-state index contributed by atoms with van der Waals surface area (Å²) < 4.78 is 5.72. The zero-order chi connectivity index (χ0) is 12.1. The lowest BCUT2D eigenvalue weighted by Crippen LogP contribution is -2.05. The summed E-state index contributed by atoms with van der Waals surface area (Å²) in [5.41, 5.74) is 6.94. The molecule has 3 heteroatoms. The van der Waals surface area contributed by atoms with Crippen LogP contribution in [0.3, 0.4) is 0 Å². The first kappa shape index (κ1) is 12.1. The van der Waals surface area contributed by atoms with Crippen molar-refractivity contribution in [3.63, 3.8) is 0 Å². The average molecular weight is 247 g/mol. The molecule has 2 aromatic rings. The van der Waals surface area contributed by atoms with Crippen molar-refractivity contribution < 1.29 is 4.74 Å². The van der Waals surface area contributed by atoms with Crippen LogP contribution in [0.5, 0.6) is 5.75 Å². The Morgan fingerprint density at radius 2 is 2.18 bits per heavy atom. The Kier molecular flexibility index (Phi) is 4.18. The van der Waals surface area contributed by atoms with Gasteiger partial charge in [0.2, 0.25) is 0 Å². The lowest BCUT2D eigenvalue weighted by Gasteiger charge is -2.09. The van der Waals surface area contributed by atoms with Gasteiger partial charge >= 0.3 is 0 Å². The summed E-state index contributed by atoms with van der Waals surface area (Å²) in [5.74, 6) is 0.899. The molecule has 0 saturated carbocycles. The smallest absolute Gasteiger partial charge is 0.119 e. The van der Waals surface area contributed by atoms with Crippen LogP contribution in [-0.2, 0) is 6.42 Å². The minimum Gasteiger partial charge on any atom is -0.493 e. The summed E-state index contributed by atoms with van der Waals surface area (Å²) in [6.45, 7) is 2.69. The highest BCUT2D eigenvalue weighted by molar-refractivity contribution is 7.09. The molecular formula is C14H17NOS. The first-order valence-corrected chi connectivity index (χ1v) is 6.64. The highest BCUT2D eigenvalue weighted by Gasteiger charge is 2.01. The fourth-order valence-electron chi connectivity index (χ4n) is 1.61. The number of rotatable bonds is 5. The zero-order valence-corrected chi connectivity index (χ0v) is 10.7. The van der Waals surface area contributed by atoms with E-state index in [9.17, 15) is 0 Å². The maximum atomic E-state index is 5.83. The van der Waals surface area contributed by atoms with Crippen molar-refractivity contribution in [2.45, 2.75) is 19.4 Å². The molecule has 0 saturated heterocycles. The van der Waals surface area contributed by atoms with Crippen molar-refractivity contribution in [1.29, 1.82) is 0 Å². The number of hydrogen-bond donors (Lipinski definition) is 1. The van der Waals surface area contributed by atoms with Crippen LogP contribution >= 0.6 is 11.3 Å². The molecule has 1 atom stereocenters. The summed E-state index contributed by atoms with van der Waals surface area (Å²) in [6, 6.07) is 12.2. The molecule has 0 aliphatic carbocycles. The van der Waals surface area contributed by atoms with E-state index >= 15 is 0 Å². The van der Waals surface area contributed by atoms with E-state index in [0.717, 1.165) is 17.7 Å². The van der Waals surface area contributed by atoms with Crippen LogP contribution in [0, 0.1) is 0 Å². The summed E-state index contributed by atoms with van der Waals surface area (Å²) in [4.78, 5) is 1.35. The van der Waals surface area contributed by atoms with Gasteiger partial charge in [-0.05, 0) is 36.1 Å². The van der Waals surface area contributed by atoms with Gasteiger partial charge in [0.05, 0.1) is 6.61 Å². The van der Waals surface area contributed by atoms with Gasteiger partial charge < -0.3 is 10.5 Å². The molecule has 0 unspecified atom stereocenters. The monoisotopic (exact) mass is 247 g/mol. The normalized spacial score (nSPS) is 12.4. The maximum Gasteiger partial charge on any atom is 0.119 e. The van der Waals surface area contributed by atoms with Crippen LogP contribution in [0.15, 0.2) is 41.8 Å². The van der Waals surface area contributed by atoms with Crippen LogP contribution in [0.2, 0.25) is 0 Å². The van der Waals surface area contributed by atoms with Crippen LogP contribution in [0.1, 0.15) is 23.4 Å². The van der Waals surface area contributed by atoms with E-state index in [2.05, 4.69) is 17.5 Å². The standard InChI is InChI=1S/C14H17NOS/c1-11(15)12-4-2-5-13(10-12)16-8-7-14-6-3-9-17-14/h2-6,9-11H,7-8,15H2,1H3/t11-/m1/s1. The van der Waals surface area contributed by atoms with E-state index in [1.807, 2.05) is 31.2 Å². The molecule has 1 heterocycles. The quantitative estimate of drug-likeness (QED) is 0.879. The van der Waals surface area contributed by atoms with Gasteiger partial charge in [0.25, 0.3) is 0 Å². The Balaban J connectivity index is 1.88. The van der Waals surface area contributed by atoms with Gasteiger partial charge in [0, 0.05) is 17.3 Å². The van der Waals surface area contributed by atoms with Gasteiger partial charge in [-0.3, -0.25) is 0 Å². The predicted octanol–water partition coefficient (Wildman–Crippen LogP) is 3.39. The minimum absolute atomic E-state index is 0.0517. The van der Waals surface area contributed by atoms with E-state index in [4.69, 9.17) is 10.5 Å². The molecular weight excluding hydrogens is 230 g/mol. The third-order valence-corrected chi connectivity index (χ3v) is 3.52. The second-order valence-corrected chi connectivity index (χ2v) is 5.07. The molecule has 17 heavy (non-hydrogen) atoms. The van der Waals surface area contributed by atoms with Crippen molar-refractivity contribution >= 4 is 11.3 Å². The largest absolute Gasteiger partial charge is 0.493 e. The number of hydrogen-bond acceptors (Lipinski definition) is 3. The highest BCUT2D eigenvalue weighted by atomic mass is 32.1. The molecule has 0 amide bonds. The Morgan fingerprint density at radius 3 is 2.88 bits per heavy atom. The van der Waals surface area contributed by atoms with Gasteiger partial charge in [0.15, 0.2) is 0 Å². The Hall–Kier alpha value is -1.32.